The number of carbonyl (C=O) groups excluding carboxylic acids is 1. The topological polar surface area (TPSA) is 81.1 Å². The molecule has 1 fully saturated rings. The average Bonchev–Trinajstić information content (AvgIpc) is 2.75. The third kappa shape index (κ3) is 4.18. The van der Waals surface area contributed by atoms with Gasteiger partial charge in [-0.15, -0.1) is 0 Å². The van der Waals surface area contributed by atoms with E-state index in [0.29, 0.717) is 26.2 Å². The van der Waals surface area contributed by atoms with Gasteiger partial charge in [0, 0.05) is 32.6 Å². The number of aliphatic hydroxyl groups excluding tert-OH is 1. The summed E-state index contributed by atoms with van der Waals surface area (Å²) in [7, 11) is 0. The minimum Gasteiger partial charge on any atom is -0.481 e. The number of carboxylic acid groups (broad SMARTS) is 1. The highest BCUT2D eigenvalue weighted by molar-refractivity contribution is 5.75. The normalized spacial score (nSPS) is 19.0. The summed E-state index contributed by atoms with van der Waals surface area (Å²) >= 11 is 0. The number of likely N-dealkylation sites (tertiary alicyclic amines) is 1. The van der Waals surface area contributed by atoms with Crippen LogP contribution >= 0.6 is 0 Å². The third-order valence-electron chi connectivity index (χ3n) is 3.15. The second-order valence-electron chi connectivity index (χ2n) is 4.69. The van der Waals surface area contributed by atoms with Crippen molar-refractivity contribution in [3.8, 4) is 0 Å². The number of aliphatic hydroxyl groups is 1. The summed E-state index contributed by atoms with van der Waals surface area (Å²) in [6.07, 6.45) is 1.72. The zero-order chi connectivity index (χ0) is 13.5. The van der Waals surface area contributed by atoms with Crippen molar-refractivity contribution in [2.24, 2.45) is 5.92 Å². The molecular formula is C12H22N2O4. The first-order valence-corrected chi connectivity index (χ1v) is 6.45. The minimum atomic E-state index is -0.810. The fourth-order valence-electron chi connectivity index (χ4n) is 2.31. The summed E-state index contributed by atoms with van der Waals surface area (Å²) in [4.78, 5) is 26.1. The van der Waals surface area contributed by atoms with E-state index in [1.165, 1.54) is 0 Å². The molecule has 0 aliphatic carbocycles. The second-order valence-corrected chi connectivity index (χ2v) is 4.69. The molecule has 2 amide bonds. The van der Waals surface area contributed by atoms with E-state index in [1.54, 1.807) is 9.80 Å². The Morgan fingerprint density at radius 2 is 2.11 bits per heavy atom. The van der Waals surface area contributed by atoms with Crippen molar-refractivity contribution in [2.75, 3.05) is 32.8 Å². The number of carbonyl (C=O) groups is 2. The van der Waals surface area contributed by atoms with E-state index in [9.17, 15) is 9.59 Å². The van der Waals surface area contributed by atoms with Gasteiger partial charge in [0.15, 0.2) is 0 Å². The Labute approximate surface area is 107 Å². The van der Waals surface area contributed by atoms with Gasteiger partial charge in [0.2, 0.25) is 0 Å². The molecule has 104 valence electrons. The second kappa shape index (κ2) is 7.20. The molecule has 0 aromatic rings. The van der Waals surface area contributed by atoms with Gasteiger partial charge in [0.05, 0.1) is 6.61 Å². The van der Waals surface area contributed by atoms with Crippen LogP contribution < -0.4 is 0 Å². The number of hydrogen-bond acceptors (Lipinski definition) is 3. The van der Waals surface area contributed by atoms with Gasteiger partial charge in [-0.1, -0.05) is 6.92 Å². The summed E-state index contributed by atoms with van der Waals surface area (Å²) < 4.78 is 0. The molecule has 0 bridgehead atoms. The van der Waals surface area contributed by atoms with Crippen LogP contribution in [0.15, 0.2) is 0 Å². The maximum absolute atomic E-state index is 12.2. The Kier molecular flexibility index (Phi) is 5.91. The molecule has 6 nitrogen and oxygen atoms in total. The van der Waals surface area contributed by atoms with Crippen molar-refractivity contribution in [1.29, 1.82) is 0 Å². The Bertz CT molecular complexity index is 290. The molecule has 0 aromatic carbocycles. The maximum Gasteiger partial charge on any atom is 0.320 e. The minimum absolute atomic E-state index is 0.0435. The molecule has 0 saturated carbocycles. The monoisotopic (exact) mass is 258 g/mol. The Hall–Kier alpha value is -1.30. The van der Waals surface area contributed by atoms with E-state index in [1.807, 2.05) is 6.92 Å². The van der Waals surface area contributed by atoms with Crippen molar-refractivity contribution in [3.05, 3.63) is 0 Å². The van der Waals surface area contributed by atoms with Crippen molar-refractivity contribution in [3.63, 3.8) is 0 Å². The summed E-state index contributed by atoms with van der Waals surface area (Å²) in [5.74, 6) is -0.751. The van der Waals surface area contributed by atoms with Gasteiger partial charge >= 0.3 is 12.0 Å². The smallest absolute Gasteiger partial charge is 0.320 e. The van der Waals surface area contributed by atoms with Crippen LogP contribution in [0, 0.1) is 5.92 Å². The quantitative estimate of drug-likeness (QED) is 0.731. The lowest BCUT2D eigenvalue weighted by Gasteiger charge is -2.27. The summed E-state index contributed by atoms with van der Waals surface area (Å²) in [6.45, 7) is 4.03. The number of amides is 2. The number of rotatable bonds is 6. The van der Waals surface area contributed by atoms with E-state index in [4.69, 9.17) is 10.2 Å². The molecule has 0 aromatic heterocycles. The van der Waals surface area contributed by atoms with Crippen molar-refractivity contribution in [2.45, 2.75) is 26.2 Å². The number of urea groups is 1. The number of hydrogen-bond donors (Lipinski definition) is 2. The van der Waals surface area contributed by atoms with E-state index in [-0.39, 0.29) is 25.0 Å². The molecule has 1 atom stereocenters. The van der Waals surface area contributed by atoms with Crippen LogP contribution in [0.1, 0.15) is 26.2 Å². The fraction of sp³-hybridized carbons (Fsp3) is 0.833. The Morgan fingerprint density at radius 3 is 2.67 bits per heavy atom. The molecule has 1 unspecified atom stereocenters. The lowest BCUT2D eigenvalue weighted by molar-refractivity contribution is -0.138. The van der Waals surface area contributed by atoms with Crippen LogP contribution in [0.25, 0.3) is 0 Å². The Morgan fingerprint density at radius 1 is 1.39 bits per heavy atom. The van der Waals surface area contributed by atoms with Gasteiger partial charge < -0.3 is 20.0 Å². The summed E-state index contributed by atoms with van der Waals surface area (Å²) in [6, 6.07) is -0.0845. The molecule has 1 saturated heterocycles. The predicted molar refractivity (Wildman–Crippen MR) is 66.3 cm³/mol. The maximum atomic E-state index is 12.2. The highest BCUT2D eigenvalue weighted by Crippen LogP contribution is 2.20. The largest absolute Gasteiger partial charge is 0.481 e. The van der Waals surface area contributed by atoms with Gasteiger partial charge in [-0.25, -0.2) is 4.79 Å². The molecule has 1 heterocycles. The van der Waals surface area contributed by atoms with Crippen molar-refractivity contribution in [1.82, 2.24) is 9.80 Å². The van der Waals surface area contributed by atoms with Gasteiger partial charge in [-0.3, -0.25) is 4.79 Å². The van der Waals surface area contributed by atoms with Crippen LogP contribution in [0.4, 0.5) is 4.79 Å². The van der Waals surface area contributed by atoms with Crippen molar-refractivity contribution < 1.29 is 19.8 Å². The Balaban J connectivity index is 2.48. The SMILES string of the molecule is CCCN(CCO)C(=O)N1CCC(CC(=O)O)C1. The van der Waals surface area contributed by atoms with E-state index in [2.05, 4.69) is 0 Å². The van der Waals surface area contributed by atoms with Crippen LogP contribution in [0.5, 0.6) is 0 Å². The van der Waals surface area contributed by atoms with Gasteiger partial charge in [0.1, 0.15) is 0 Å². The summed E-state index contributed by atoms with van der Waals surface area (Å²) in [5, 5.41) is 17.7. The van der Waals surface area contributed by atoms with Crippen LogP contribution in [0.2, 0.25) is 0 Å². The molecule has 1 aliphatic rings. The number of carboxylic acids is 1. The highest BCUT2D eigenvalue weighted by Gasteiger charge is 2.29. The zero-order valence-corrected chi connectivity index (χ0v) is 10.8. The number of aliphatic carboxylic acids is 1. The van der Waals surface area contributed by atoms with E-state index >= 15 is 0 Å². The van der Waals surface area contributed by atoms with Gasteiger partial charge in [-0.05, 0) is 18.8 Å². The lowest BCUT2D eigenvalue weighted by atomic mass is 10.1. The van der Waals surface area contributed by atoms with Gasteiger partial charge in [-0.2, -0.15) is 0 Å². The molecule has 1 aliphatic heterocycles. The predicted octanol–water partition coefficient (Wildman–Crippen LogP) is 0.607. The standard InChI is InChI=1S/C12H22N2O4/c1-2-4-13(6-7-15)12(18)14-5-3-10(9-14)8-11(16)17/h10,15H,2-9H2,1H3,(H,16,17). The molecule has 2 N–H and O–H groups in total. The molecule has 18 heavy (non-hydrogen) atoms. The molecule has 6 heteroatoms. The van der Waals surface area contributed by atoms with Crippen LogP contribution in [-0.2, 0) is 4.79 Å². The lowest BCUT2D eigenvalue weighted by Crippen LogP contribution is -2.43. The van der Waals surface area contributed by atoms with Gasteiger partial charge in [0.25, 0.3) is 0 Å². The number of nitrogens with zero attached hydrogens (tertiary/aromatic N) is 2. The van der Waals surface area contributed by atoms with E-state index in [0.717, 1.165) is 12.8 Å². The molecule has 0 spiro atoms. The van der Waals surface area contributed by atoms with E-state index < -0.39 is 5.97 Å². The highest BCUT2D eigenvalue weighted by atomic mass is 16.4. The fourth-order valence-corrected chi connectivity index (χ4v) is 2.31. The first-order chi connectivity index (χ1) is 8.58. The first kappa shape index (κ1) is 14.8. The van der Waals surface area contributed by atoms with Crippen molar-refractivity contribution >= 4 is 12.0 Å². The third-order valence-corrected chi connectivity index (χ3v) is 3.15. The van der Waals surface area contributed by atoms with Crippen LogP contribution in [-0.4, -0.2) is 64.8 Å². The molecule has 1 rings (SSSR count). The summed E-state index contributed by atoms with van der Waals surface area (Å²) in [5.41, 5.74) is 0. The van der Waals surface area contributed by atoms with Crippen LogP contribution in [0.3, 0.4) is 0 Å². The molecular weight excluding hydrogens is 236 g/mol. The first-order valence-electron chi connectivity index (χ1n) is 6.45. The zero-order valence-electron chi connectivity index (χ0n) is 10.8. The average molecular weight is 258 g/mol. The molecule has 0 radical (unpaired) electrons.